The van der Waals surface area contributed by atoms with Gasteiger partial charge in [0.2, 0.25) is 0 Å². The lowest BCUT2D eigenvalue weighted by Crippen LogP contribution is -2.21. The summed E-state index contributed by atoms with van der Waals surface area (Å²) in [5.41, 5.74) is 2.60. The van der Waals surface area contributed by atoms with E-state index in [9.17, 15) is 14.4 Å². The Morgan fingerprint density at radius 1 is 1.04 bits per heavy atom. The molecule has 2 rings (SSSR count). The Kier molecular flexibility index (Phi) is 7.17. The van der Waals surface area contributed by atoms with Crippen molar-refractivity contribution in [3.05, 3.63) is 45.3 Å². The molecule has 0 saturated heterocycles. The molecule has 0 aliphatic carbocycles. The van der Waals surface area contributed by atoms with Gasteiger partial charge < -0.3 is 19.5 Å². The van der Waals surface area contributed by atoms with Crippen LogP contribution in [0, 0.1) is 20.8 Å². The summed E-state index contributed by atoms with van der Waals surface area (Å²) in [6.45, 7) is 7.09. The van der Waals surface area contributed by atoms with Gasteiger partial charge in [-0.05, 0) is 56.5 Å². The minimum absolute atomic E-state index is 0.145. The number of anilines is 1. The fraction of sp³-hybridized carbons (Fsp3) is 0.350. The first kappa shape index (κ1) is 21.4. The number of rotatable bonds is 7. The summed E-state index contributed by atoms with van der Waals surface area (Å²) < 4.78 is 15.3. The van der Waals surface area contributed by atoms with Gasteiger partial charge in [0.15, 0.2) is 6.61 Å². The molecule has 2 aromatic rings. The predicted molar refractivity (Wildman–Crippen MR) is 106 cm³/mol. The van der Waals surface area contributed by atoms with Crippen LogP contribution in [0.1, 0.15) is 43.6 Å². The molecular weight excluding hydrogens is 382 g/mol. The van der Waals surface area contributed by atoms with Crippen molar-refractivity contribution in [2.24, 2.45) is 0 Å². The molecule has 1 aromatic heterocycles. The standard InChI is InChI=1S/C20H23NO6S/c1-6-26-19(23)16-13(4)17(20(24)25-5)28-18(16)21-15(22)10-27-14-8-11(2)7-12(3)9-14/h7-9H,6,10H2,1-5H3,(H,21,22). The number of benzene rings is 1. The molecule has 0 bridgehead atoms. The summed E-state index contributed by atoms with van der Waals surface area (Å²) in [4.78, 5) is 36.8. The molecule has 0 spiro atoms. The van der Waals surface area contributed by atoms with E-state index >= 15 is 0 Å². The number of amides is 1. The van der Waals surface area contributed by atoms with Crippen LogP contribution in [0.3, 0.4) is 0 Å². The van der Waals surface area contributed by atoms with Crippen LogP contribution in [0.15, 0.2) is 18.2 Å². The molecule has 150 valence electrons. The molecule has 7 nitrogen and oxygen atoms in total. The first-order chi connectivity index (χ1) is 13.3. The SMILES string of the molecule is CCOC(=O)c1c(NC(=O)COc2cc(C)cc(C)c2)sc(C(=O)OC)c1C. The van der Waals surface area contributed by atoms with Gasteiger partial charge in [-0.2, -0.15) is 0 Å². The van der Waals surface area contributed by atoms with E-state index in [-0.39, 0.29) is 28.7 Å². The van der Waals surface area contributed by atoms with Crippen LogP contribution >= 0.6 is 11.3 Å². The predicted octanol–water partition coefficient (Wildman–Crippen LogP) is 3.65. The van der Waals surface area contributed by atoms with Crippen molar-refractivity contribution in [2.75, 3.05) is 25.6 Å². The minimum atomic E-state index is -0.614. The van der Waals surface area contributed by atoms with Crippen molar-refractivity contribution in [1.29, 1.82) is 0 Å². The lowest BCUT2D eigenvalue weighted by atomic mass is 10.1. The Labute approximate surface area is 167 Å². The van der Waals surface area contributed by atoms with Crippen LogP contribution in [0.4, 0.5) is 5.00 Å². The first-order valence-electron chi connectivity index (χ1n) is 8.66. The highest BCUT2D eigenvalue weighted by atomic mass is 32.1. The summed E-state index contributed by atoms with van der Waals surface area (Å²) >= 11 is 0.965. The van der Waals surface area contributed by atoms with Crippen molar-refractivity contribution >= 4 is 34.2 Å². The average molecular weight is 405 g/mol. The van der Waals surface area contributed by atoms with Gasteiger partial charge in [-0.25, -0.2) is 9.59 Å². The summed E-state index contributed by atoms with van der Waals surface area (Å²) in [5, 5.41) is 2.86. The van der Waals surface area contributed by atoms with Crippen molar-refractivity contribution in [3.63, 3.8) is 0 Å². The number of carbonyl (C=O) groups excluding carboxylic acids is 3. The summed E-state index contributed by atoms with van der Waals surface area (Å²) in [7, 11) is 1.25. The van der Waals surface area contributed by atoms with Crippen LogP contribution in [0.2, 0.25) is 0 Å². The van der Waals surface area contributed by atoms with Gasteiger partial charge in [0.25, 0.3) is 5.91 Å². The van der Waals surface area contributed by atoms with Gasteiger partial charge in [0.05, 0.1) is 19.3 Å². The largest absolute Gasteiger partial charge is 0.484 e. The van der Waals surface area contributed by atoms with E-state index in [4.69, 9.17) is 14.2 Å². The third-order valence-electron chi connectivity index (χ3n) is 3.82. The molecule has 1 aromatic carbocycles. The number of nitrogens with one attached hydrogen (secondary N) is 1. The monoisotopic (exact) mass is 405 g/mol. The smallest absolute Gasteiger partial charge is 0.348 e. The molecule has 0 aliphatic heterocycles. The Morgan fingerprint density at radius 3 is 2.25 bits per heavy atom. The molecule has 1 amide bonds. The van der Waals surface area contributed by atoms with E-state index in [2.05, 4.69) is 5.32 Å². The van der Waals surface area contributed by atoms with Gasteiger partial charge in [0.1, 0.15) is 15.6 Å². The molecule has 28 heavy (non-hydrogen) atoms. The zero-order valence-corrected chi connectivity index (χ0v) is 17.3. The highest BCUT2D eigenvalue weighted by Gasteiger charge is 2.27. The van der Waals surface area contributed by atoms with Crippen LogP contribution in [-0.4, -0.2) is 38.2 Å². The number of hydrogen-bond acceptors (Lipinski definition) is 7. The lowest BCUT2D eigenvalue weighted by Gasteiger charge is -2.09. The molecule has 0 fully saturated rings. The minimum Gasteiger partial charge on any atom is -0.484 e. The van der Waals surface area contributed by atoms with E-state index < -0.39 is 17.8 Å². The van der Waals surface area contributed by atoms with Crippen LogP contribution in [0.5, 0.6) is 5.75 Å². The Balaban J connectivity index is 2.20. The summed E-state index contributed by atoms with van der Waals surface area (Å²) in [5.74, 6) is -1.07. The number of methoxy groups -OCH3 is 1. The molecule has 1 N–H and O–H groups in total. The summed E-state index contributed by atoms with van der Waals surface area (Å²) in [6, 6.07) is 5.66. The van der Waals surface area contributed by atoms with Gasteiger partial charge in [-0.15, -0.1) is 11.3 Å². The maximum Gasteiger partial charge on any atom is 0.348 e. The highest BCUT2D eigenvalue weighted by Crippen LogP contribution is 2.34. The maximum atomic E-state index is 12.4. The van der Waals surface area contributed by atoms with E-state index in [1.807, 2.05) is 32.0 Å². The maximum absolute atomic E-state index is 12.4. The van der Waals surface area contributed by atoms with Gasteiger partial charge in [-0.3, -0.25) is 4.79 Å². The van der Waals surface area contributed by atoms with Crippen molar-refractivity contribution in [3.8, 4) is 5.75 Å². The van der Waals surface area contributed by atoms with Gasteiger partial charge >= 0.3 is 11.9 Å². The highest BCUT2D eigenvalue weighted by molar-refractivity contribution is 7.18. The first-order valence-corrected chi connectivity index (χ1v) is 9.48. The fourth-order valence-electron chi connectivity index (χ4n) is 2.67. The second kappa shape index (κ2) is 9.36. The number of esters is 2. The number of carbonyl (C=O) groups is 3. The van der Waals surface area contributed by atoms with E-state index in [0.29, 0.717) is 11.3 Å². The third kappa shape index (κ3) is 5.10. The zero-order chi connectivity index (χ0) is 20.8. The summed E-state index contributed by atoms with van der Waals surface area (Å²) in [6.07, 6.45) is 0. The number of hydrogen-bond donors (Lipinski definition) is 1. The second-order valence-electron chi connectivity index (χ2n) is 6.13. The van der Waals surface area contributed by atoms with E-state index in [1.54, 1.807) is 13.8 Å². The van der Waals surface area contributed by atoms with Crippen LogP contribution < -0.4 is 10.1 Å². The Morgan fingerprint density at radius 2 is 1.68 bits per heavy atom. The second-order valence-corrected chi connectivity index (χ2v) is 7.15. The van der Waals surface area contributed by atoms with Crippen LogP contribution in [-0.2, 0) is 14.3 Å². The zero-order valence-electron chi connectivity index (χ0n) is 16.5. The molecule has 0 saturated carbocycles. The van der Waals surface area contributed by atoms with Crippen molar-refractivity contribution in [2.45, 2.75) is 27.7 Å². The molecule has 0 aliphatic rings. The van der Waals surface area contributed by atoms with E-state index in [1.165, 1.54) is 7.11 Å². The number of thiophene rings is 1. The topological polar surface area (TPSA) is 90.9 Å². The normalized spacial score (nSPS) is 10.3. The quantitative estimate of drug-likeness (QED) is 0.707. The third-order valence-corrected chi connectivity index (χ3v) is 5.00. The molecule has 0 atom stereocenters. The lowest BCUT2D eigenvalue weighted by molar-refractivity contribution is -0.118. The van der Waals surface area contributed by atoms with Gasteiger partial charge in [0, 0.05) is 0 Å². The fourth-order valence-corrected chi connectivity index (χ4v) is 3.80. The number of aryl methyl sites for hydroxylation is 2. The van der Waals surface area contributed by atoms with E-state index in [0.717, 1.165) is 22.5 Å². The van der Waals surface area contributed by atoms with Crippen molar-refractivity contribution < 1.29 is 28.6 Å². The molecule has 0 unspecified atom stereocenters. The Hall–Kier alpha value is -2.87. The average Bonchev–Trinajstić information content (AvgIpc) is 2.94. The van der Waals surface area contributed by atoms with Gasteiger partial charge in [-0.1, -0.05) is 6.07 Å². The van der Waals surface area contributed by atoms with Crippen LogP contribution in [0.25, 0.3) is 0 Å². The molecular formula is C20H23NO6S. The molecule has 1 heterocycles. The van der Waals surface area contributed by atoms with Crippen molar-refractivity contribution in [1.82, 2.24) is 0 Å². The molecule has 0 radical (unpaired) electrons. The number of ether oxygens (including phenoxy) is 3. The Bertz CT molecular complexity index is 882. The molecule has 8 heteroatoms.